The Balaban J connectivity index is -0.00000000167. The van der Waals surface area contributed by atoms with Crippen LogP contribution in [-0.2, 0) is 37.1 Å². The summed E-state index contributed by atoms with van der Waals surface area (Å²) in [6.07, 6.45) is 0. The normalized spacial score (nSPS) is 1.00. The van der Waals surface area contributed by atoms with Gasteiger partial charge in [0.25, 0.3) is 0 Å². The van der Waals surface area contributed by atoms with Crippen molar-refractivity contribution < 1.29 is 57.4 Å². The van der Waals surface area contributed by atoms with Gasteiger partial charge in [-0.1, -0.05) is 0 Å². The molecule has 4 heavy (non-hydrogen) atoms. The monoisotopic (exact) mass is 132 g/mol. The van der Waals surface area contributed by atoms with E-state index in [1.165, 1.54) is 16.2 Å². The molecule has 0 fully saturated rings. The molecule has 0 aromatic carbocycles. The van der Waals surface area contributed by atoms with Crippen LogP contribution in [0.1, 0.15) is 1.43 Å². The van der Waals surface area contributed by atoms with Gasteiger partial charge < -0.3 is 1.43 Å². The summed E-state index contributed by atoms with van der Waals surface area (Å²) in [6, 6.07) is 0. The topological polar surface area (TPSA) is 17.1 Å². The Bertz CT molecular complexity index is 11.6. The molecule has 0 atom stereocenters. The summed E-state index contributed by atoms with van der Waals surface area (Å²) in [5.74, 6) is 0. The van der Waals surface area contributed by atoms with Crippen LogP contribution in [-0.4, -0.2) is 0 Å². The Morgan fingerprint density at radius 2 is 1.50 bits per heavy atom. The summed E-state index contributed by atoms with van der Waals surface area (Å²) >= 11 is 1.38. The predicted molar refractivity (Wildman–Crippen MR) is 1.80 cm³/mol. The summed E-state index contributed by atoms with van der Waals surface area (Å²) in [7, 11) is 0. The van der Waals surface area contributed by atoms with Gasteiger partial charge in [0.15, 0.2) is 0 Å². The molecule has 22 valence electrons. The second-order valence-electron chi connectivity index (χ2n) is 0. The summed E-state index contributed by atoms with van der Waals surface area (Å²) in [5, 5.41) is 0. The van der Waals surface area contributed by atoms with Gasteiger partial charge in [0.05, 0.1) is 0 Å². The van der Waals surface area contributed by atoms with Crippen molar-refractivity contribution in [1.29, 1.82) is 0 Å². The van der Waals surface area contributed by atoms with E-state index in [2.05, 4.69) is 0 Å². The molecule has 0 bridgehead atoms. The van der Waals surface area contributed by atoms with Crippen molar-refractivity contribution in [3.05, 3.63) is 0 Å². The van der Waals surface area contributed by atoms with Crippen molar-refractivity contribution in [3.8, 4) is 0 Å². The van der Waals surface area contributed by atoms with Gasteiger partial charge in [-0.15, -0.1) is 0 Å². The first-order valence-electron chi connectivity index (χ1n) is 0.167. The maximum absolute atomic E-state index is 8.12. The summed E-state index contributed by atoms with van der Waals surface area (Å²) < 4.78 is 8.12. The molecule has 0 spiro atoms. The van der Waals surface area contributed by atoms with E-state index in [1.54, 1.807) is 0 Å². The molecule has 0 rings (SSSR count). The first kappa shape index (κ1) is 18.0. The number of hydrogen-bond donors (Lipinski definition) is 0. The average molecular weight is 132 g/mol. The van der Waals surface area contributed by atoms with Gasteiger partial charge in [0.2, 0.25) is 0 Å². The minimum absolute atomic E-state index is 0. The van der Waals surface area contributed by atoms with Crippen LogP contribution in [0.4, 0.5) is 0 Å². The molecule has 4 heteroatoms. The van der Waals surface area contributed by atoms with E-state index in [-0.39, 0.29) is 37.4 Å². The molecule has 0 heterocycles. The molecule has 0 radical (unpaired) electrons. The van der Waals surface area contributed by atoms with Gasteiger partial charge in [-0.3, -0.25) is 0 Å². The Hall–Kier alpha value is 1.45. The zero-order valence-corrected chi connectivity index (χ0v) is 4.55. The van der Waals surface area contributed by atoms with E-state index >= 15 is 0 Å². The molecule has 0 N–H and O–H groups in total. The maximum atomic E-state index is 8.12. The van der Waals surface area contributed by atoms with Crippen LogP contribution in [0.25, 0.3) is 0 Å². The molecule has 0 unspecified atom stereocenters. The third kappa shape index (κ3) is 9.85. The quantitative estimate of drug-likeness (QED) is 0.321. The fourth-order valence-electron chi connectivity index (χ4n) is 0. The van der Waals surface area contributed by atoms with Crippen molar-refractivity contribution in [3.63, 3.8) is 0 Å². The van der Waals surface area contributed by atoms with Crippen molar-refractivity contribution in [2.45, 2.75) is 0 Å². The molecule has 0 aliphatic rings. The van der Waals surface area contributed by atoms with Crippen molar-refractivity contribution in [2.24, 2.45) is 0 Å². The standard InChI is InChI=1S/Cr.Fe.Li.O.H/q;;+1;;-1. The van der Waals surface area contributed by atoms with Gasteiger partial charge in [0, 0.05) is 17.1 Å². The molecule has 0 aliphatic carbocycles. The fraction of sp³-hybridized carbons (Fsp3) is 0. The number of hydrogen-bond acceptors (Lipinski definition) is 1. The molecule has 0 saturated carbocycles. The third-order valence-electron chi connectivity index (χ3n) is 0. The van der Waals surface area contributed by atoms with Crippen LogP contribution in [0.15, 0.2) is 0 Å². The Morgan fingerprint density at radius 3 is 1.50 bits per heavy atom. The van der Waals surface area contributed by atoms with Crippen LogP contribution < -0.4 is 18.9 Å². The number of rotatable bonds is 0. The van der Waals surface area contributed by atoms with E-state index < -0.39 is 0 Å². The van der Waals surface area contributed by atoms with Crippen LogP contribution in [0.5, 0.6) is 0 Å². The Labute approximate surface area is 57.3 Å². The van der Waals surface area contributed by atoms with Crippen LogP contribution in [0.3, 0.4) is 0 Å². The third-order valence-corrected chi connectivity index (χ3v) is 0. The van der Waals surface area contributed by atoms with E-state index in [0.29, 0.717) is 0 Å². The van der Waals surface area contributed by atoms with Gasteiger partial charge in [-0.05, 0) is 0 Å². The van der Waals surface area contributed by atoms with E-state index in [0.717, 1.165) is 0 Å². The molecule has 1 nitrogen and oxygen atoms in total. The van der Waals surface area contributed by atoms with Gasteiger partial charge in [-0.25, -0.2) is 0 Å². The summed E-state index contributed by atoms with van der Waals surface area (Å²) in [5.41, 5.74) is 0. The molecular formula is HCrFeLiO. The van der Waals surface area contributed by atoms with Gasteiger partial charge in [-0.2, -0.15) is 0 Å². The molecule has 0 aromatic heterocycles. The van der Waals surface area contributed by atoms with Crippen LogP contribution in [0.2, 0.25) is 0 Å². The minimum atomic E-state index is 0. The van der Waals surface area contributed by atoms with E-state index in [4.69, 9.17) is 3.80 Å². The SMILES string of the molecule is [Fe].[H-].[Li+].[O]=[Cr]. The van der Waals surface area contributed by atoms with Gasteiger partial charge >= 0.3 is 38.9 Å². The second-order valence-corrected chi connectivity index (χ2v) is 0. The average Bonchev–Trinajstić information content (AvgIpc) is 1.00. The molecule has 0 aromatic rings. The van der Waals surface area contributed by atoms with E-state index in [9.17, 15) is 0 Å². The predicted octanol–water partition coefficient (Wildman–Crippen LogP) is -3.01. The van der Waals surface area contributed by atoms with Crippen molar-refractivity contribution in [1.82, 2.24) is 0 Å². The molecule has 0 saturated heterocycles. The van der Waals surface area contributed by atoms with E-state index in [1.807, 2.05) is 0 Å². The second kappa shape index (κ2) is 25.2. The van der Waals surface area contributed by atoms with Crippen LogP contribution >= 0.6 is 0 Å². The zero-order chi connectivity index (χ0) is 2.00. The molecular weight excluding hydrogens is 131 g/mol. The fourth-order valence-corrected chi connectivity index (χ4v) is 0. The van der Waals surface area contributed by atoms with Crippen molar-refractivity contribution in [2.75, 3.05) is 0 Å². The van der Waals surface area contributed by atoms with Gasteiger partial charge in [0.1, 0.15) is 0 Å². The first-order valence-corrected chi connectivity index (χ1v) is 0.687. The summed E-state index contributed by atoms with van der Waals surface area (Å²) in [6.45, 7) is 0. The van der Waals surface area contributed by atoms with Crippen molar-refractivity contribution >= 4 is 0 Å². The van der Waals surface area contributed by atoms with Crippen LogP contribution in [0, 0.1) is 0 Å². The molecule has 0 aliphatic heterocycles. The Morgan fingerprint density at radius 1 is 1.50 bits per heavy atom. The summed E-state index contributed by atoms with van der Waals surface area (Å²) in [4.78, 5) is 0. The molecule has 0 amide bonds. The Kier molecular flexibility index (Phi) is 113. The zero-order valence-electron chi connectivity index (χ0n) is 3.17. The first-order chi connectivity index (χ1) is 1.00.